The van der Waals surface area contributed by atoms with Crippen LogP contribution in [0.3, 0.4) is 0 Å². The Morgan fingerprint density at radius 1 is 1.00 bits per heavy atom. The molecule has 0 unspecified atom stereocenters. The molecule has 5 nitrogen and oxygen atoms in total. The van der Waals surface area contributed by atoms with Gasteiger partial charge in [0.1, 0.15) is 11.5 Å². The van der Waals surface area contributed by atoms with Crippen LogP contribution in [-0.2, 0) is 18.7 Å². The third-order valence-corrected chi connectivity index (χ3v) is 5.72. The zero-order valence-electron chi connectivity index (χ0n) is 16.5. The molecule has 0 amide bonds. The van der Waals surface area contributed by atoms with E-state index in [0.717, 1.165) is 49.5 Å². The fourth-order valence-corrected chi connectivity index (χ4v) is 4.14. The summed E-state index contributed by atoms with van der Waals surface area (Å²) < 4.78 is 10.6. The molecule has 0 radical (unpaired) electrons. The van der Waals surface area contributed by atoms with E-state index in [1.807, 2.05) is 24.3 Å². The molecule has 146 valence electrons. The van der Waals surface area contributed by atoms with E-state index >= 15 is 0 Å². The fourth-order valence-electron chi connectivity index (χ4n) is 4.14. The molecule has 2 aromatic rings. The summed E-state index contributed by atoms with van der Waals surface area (Å²) >= 11 is 0. The Labute approximate surface area is 161 Å². The molecular weight excluding hydrogens is 340 g/mol. The standard InChI is InChI=1S/C22H30N2O3/c1-24(15-17-4-6-19(26-2)7-5-17)22(10-12-23-13-11-22)21-9-8-20(27-3)14-18(21)16-25/h4-9,14,23,25H,10-13,15-16H2,1-3H3. The molecule has 1 aliphatic heterocycles. The molecule has 1 heterocycles. The number of nitrogens with zero attached hydrogens (tertiary/aromatic N) is 1. The summed E-state index contributed by atoms with van der Waals surface area (Å²) in [6, 6.07) is 14.3. The molecule has 3 rings (SSSR count). The van der Waals surface area contributed by atoms with Crippen molar-refractivity contribution in [3.05, 3.63) is 59.2 Å². The first-order chi connectivity index (χ1) is 13.1. The van der Waals surface area contributed by atoms with Gasteiger partial charge < -0.3 is 19.9 Å². The molecule has 2 N–H and O–H groups in total. The molecule has 27 heavy (non-hydrogen) atoms. The molecule has 0 spiro atoms. The van der Waals surface area contributed by atoms with Crippen molar-refractivity contribution < 1.29 is 14.6 Å². The van der Waals surface area contributed by atoms with Gasteiger partial charge in [0.05, 0.1) is 20.8 Å². The van der Waals surface area contributed by atoms with Gasteiger partial charge in [0.25, 0.3) is 0 Å². The summed E-state index contributed by atoms with van der Waals surface area (Å²) in [4.78, 5) is 2.43. The number of rotatable bonds is 7. The summed E-state index contributed by atoms with van der Waals surface area (Å²) in [6.45, 7) is 2.77. The average molecular weight is 370 g/mol. The molecule has 0 saturated carbocycles. The van der Waals surface area contributed by atoms with Gasteiger partial charge >= 0.3 is 0 Å². The second-order valence-corrected chi connectivity index (χ2v) is 7.17. The minimum absolute atomic E-state index is 0.0120. The monoisotopic (exact) mass is 370 g/mol. The smallest absolute Gasteiger partial charge is 0.119 e. The second kappa shape index (κ2) is 8.74. The molecule has 0 bridgehead atoms. The highest BCUT2D eigenvalue weighted by atomic mass is 16.5. The molecule has 1 aliphatic rings. The molecule has 0 atom stereocenters. The van der Waals surface area contributed by atoms with E-state index in [0.29, 0.717) is 0 Å². The minimum Gasteiger partial charge on any atom is -0.497 e. The average Bonchev–Trinajstić information content (AvgIpc) is 2.74. The molecule has 2 aromatic carbocycles. The molecule has 0 aromatic heterocycles. The first-order valence-corrected chi connectivity index (χ1v) is 9.46. The summed E-state index contributed by atoms with van der Waals surface area (Å²) in [5.74, 6) is 1.65. The van der Waals surface area contributed by atoms with Crippen LogP contribution >= 0.6 is 0 Å². The van der Waals surface area contributed by atoms with Gasteiger partial charge in [0, 0.05) is 12.1 Å². The lowest BCUT2D eigenvalue weighted by Crippen LogP contribution is -2.50. The van der Waals surface area contributed by atoms with Gasteiger partial charge in [-0.2, -0.15) is 0 Å². The minimum atomic E-state index is -0.116. The van der Waals surface area contributed by atoms with Crippen molar-refractivity contribution in [2.75, 3.05) is 34.4 Å². The van der Waals surface area contributed by atoms with Crippen LogP contribution in [0.15, 0.2) is 42.5 Å². The van der Waals surface area contributed by atoms with Crippen LogP contribution in [0.1, 0.15) is 29.5 Å². The normalized spacial score (nSPS) is 16.3. The van der Waals surface area contributed by atoms with Crippen LogP contribution in [0, 0.1) is 0 Å². The maximum atomic E-state index is 10.0. The Hall–Kier alpha value is -2.08. The Bertz CT molecular complexity index is 740. The number of nitrogens with one attached hydrogen (secondary N) is 1. The van der Waals surface area contributed by atoms with Gasteiger partial charge in [-0.3, -0.25) is 4.90 Å². The predicted octanol–water partition coefficient (Wildman–Crippen LogP) is 2.91. The summed E-state index contributed by atoms with van der Waals surface area (Å²) in [6.07, 6.45) is 2.00. The maximum absolute atomic E-state index is 10.0. The van der Waals surface area contributed by atoms with Gasteiger partial charge in [-0.1, -0.05) is 18.2 Å². The summed E-state index contributed by atoms with van der Waals surface area (Å²) in [5, 5.41) is 13.5. The number of ether oxygens (including phenoxy) is 2. The molecular formula is C22H30N2O3. The van der Waals surface area contributed by atoms with Crippen molar-refractivity contribution in [1.82, 2.24) is 10.2 Å². The van der Waals surface area contributed by atoms with Gasteiger partial charge in [-0.25, -0.2) is 0 Å². The fraction of sp³-hybridized carbons (Fsp3) is 0.455. The Balaban J connectivity index is 1.94. The lowest BCUT2D eigenvalue weighted by atomic mass is 9.77. The van der Waals surface area contributed by atoms with E-state index in [2.05, 4.69) is 35.5 Å². The number of hydrogen-bond acceptors (Lipinski definition) is 5. The van der Waals surface area contributed by atoms with Crippen molar-refractivity contribution in [3.63, 3.8) is 0 Å². The number of hydrogen-bond donors (Lipinski definition) is 2. The van der Waals surface area contributed by atoms with E-state index < -0.39 is 0 Å². The van der Waals surface area contributed by atoms with Crippen molar-refractivity contribution in [2.45, 2.75) is 31.5 Å². The largest absolute Gasteiger partial charge is 0.497 e. The number of methoxy groups -OCH3 is 2. The quantitative estimate of drug-likeness (QED) is 0.785. The number of aliphatic hydroxyl groups excluding tert-OH is 1. The summed E-state index contributed by atoms with van der Waals surface area (Å²) in [5.41, 5.74) is 3.27. The van der Waals surface area contributed by atoms with E-state index in [4.69, 9.17) is 9.47 Å². The highest BCUT2D eigenvalue weighted by molar-refractivity contribution is 5.40. The first kappa shape index (κ1) is 19.7. The highest BCUT2D eigenvalue weighted by Gasteiger charge is 2.39. The molecule has 1 saturated heterocycles. The van der Waals surface area contributed by atoms with E-state index in [1.54, 1.807) is 14.2 Å². The Morgan fingerprint density at radius 3 is 2.22 bits per heavy atom. The maximum Gasteiger partial charge on any atom is 0.119 e. The zero-order valence-corrected chi connectivity index (χ0v) is 16.5. The third kappa shape index (κ3) is 4.10. The van der Waals surface area contributed by atoms with Crippen molar-refractivity contribution >= 4 is 0 Å². The van der Waals surface area contributed by atoms with Gasteiger partial charge in [-0.15, -0.1) is 0 Å². The van der Waals surface area contributed by atoms with Crippen LogP contribution in [0.2, 0.25) is 0 Å². The van der Waals surface area contributed by atoms with Gasteiger partial charge in [-0.05, 0) is 73.9 Å². The van der Waals surface area contributed by atoms with E-state index in [9.17, 15) is 5.11 Å². The van der Waals surface area contributed by atoms with Crippen LogP contribution in [0.4, 0.5) is 0 Å². The summed E-state index contributed by atoms with van der Waals surface area (Å²) in [7, 11) is 5.53. The van der Waals surface area contributed by atoms with Crippen LogP contribution in [0.5, 0.6) is 11.5 Å². The number of aliphatic hydroxyl groups is 1. The molecule has 5 heteroatoms. The number of piperidine rings is 1. The van der Waals surface area contributed by atoms with E-state index in [1.165, 1.54) is 11.1 Å². The van der Waals surface area contributed by atoms with Crippen molar-refractivity contribution in [2.24, 2.45) is 0 Å². The highest BCUT2D eigenvalue weighted by Crippen LogP contribution is 2.40. The topological polar surface area (TPSA) is 54.0 Å². The van der Waals surface area contributed by atoms with Crippen LogP contribution in [0.25, 0.3) is 0 Å². The lowest BCUT2D eigenvalue weighted by molar-refractivity contribution is 0.0701. The number of benzene rings is 2. The first-order valence-electron chi connectivity index (χ1n) is 9.46. The predicted molar refractivity (Wildman–Crippen MR) is 107 cm³/mol. The van der Waals surface area contributed by atoms with Crippen molar-refractivity contribution in [3.8, 4) is 11.5 Å². The van der Waals surface area contributed by atoms with Gasteiger partial charge in [0.2, 0.25) is 0 Å². The molecule has 1 fully saturated rings. The molecule has 0 aliphatic carbocycles. The third-order valence-electron chi connectivity index (χ3n) is 5.72. The second-order valence-electron chi connectivity index (χ2n) is 7.17. The Kier molecular flexibility index (Phi) is 6.37. The van der Waals surface area contributed by atoms with Crippen LogP contribution in [-0.4, -0.2) is 44.4 Å². The Morgan fingerprint density at radius 2 is 1.63 bits per heavy atom. The SMILES string of the molecule is COc1ccc(CN(C)C2(c3ccc(OC)cc3CO)CCNCC2)cc1. The van der Waals surface area contributed by atoms with E-state index in [-0.39, 0.29) is 12.1 Å². The van der Waals surface area contributed by atoms with Crippen molar-refractivity contribution in [1.29, 1.82) is 0 Å². The lowest BCUT2D eigenvalue weighted by Gasteiger charge is -2.46. The van der Waals surface area contributed by atoms with Crippen LogP contribution < -0.4 is 14.8 Å². The zero-order chi connectivity index (χ0) is 19.3. The van der Waals surface area contributed by atoms with Gasteiger partial charge in [0.15, 0.2) is 0 Å².